The van der Waals surface area contributed by atoms with Crippen LogP contribution in [0, 0.1) is 0 Å². The molecule has 1 atom stereocenters. The second-order valence-corrected chi connectivity index (χ2v) is 5.58. The van der Waals surface area contributed by atoms with E-state index in [1.165, 1.54) is 6.07 Å². The van der Waals surface area contributed by atoms with Gasteiger partial charge < -0.3 is 14.5 Å². The average Bonchev–Trinajstić information content (AvgIpc) is 2.97. The van der Waals surface area contributed by atoms with Crippen LogP contribution in [0.3, 0.4) is 0 Å². The molecule has 0 saturated carbocycles. The number of hydrogen-bond acceptors (Lipinski definition) is 4. The van der Waals surface area contributed by atoms with E-state index in [4.69, 9.17) is 9.15 Å². The molecule has 0 fully saturated rings. The Bertz CT molecular complexity index is 639. The maximum absolute atomic E-state index is 11.7. The summed E-state index contributed by atoms with van der Waals surface area (Å²) in [6.45, 7) is 2.16. The minimum atomic E-state index is -0.669. The summed E-state index contributed by atoms with van der Waals surface area (Å²) in [4.78, 5) is 23.3. The zero-order valence-electron chi connectivity index (χ0n) is 12.0. The van der Waals surface area contributed by atoms with Gasteiger partial charge in [0.1, 0.15) is 0 Å². The van der Waals surface area contributed by atoms with Crippen molar-refractivity contribution >= 4 is 27.8 Å². The molecule has 0 spiro atoms. The minimum Gasteiger partial charge on any atom is -0.450 e. The van der Waals surface area contributed by atoms with E-state index in [-0.39, 0.29) is 24.2 Å². The lowest BCUT2D eigenvalue weighted by molar-refractivity contribution is -0.124. The smallest absolute Gasteiger partial charge is 0.374 e. The van der Waals surface area contributed by atoms with Gasteiger partial charge in [-0.1, -0.05) is 37.3 Å². The Kier molecular flexibility index (Phi) is 5.77. The number of esters is 1. The van der Waals surface area contributed by atoms with Gasteiger partial charge in [0, 0.05) is 6.54 Å². The van der Waals surface area contributed by atoms with E-state index in [1.54, 1.807) is 6.07 Å². The second kappa shape index (κ2) is 7.79. The molecule has 0 unspecified atom stereocenters. The van der Waals surface area contributed by atoms with E-state index in [0.717, 1.165) is 5.56 Å². The van der Waals surface area contributed by atoms with E-state index >= 15 is 0 Å². The van der Waals surface area contributed by atoms with E-state index in [9.17, 15) is 9.59 Å². The van der Waals surface area contributed by atoms with E-state index in [0.29, 0.717) is 11.2 Å². The van der Waals surface area contributed by atoms with Crippen molar-refractivity contribution in [3.05, 3.63) is 58.5 Å². The normalized spacial score (nSPS) is 11.7. The molecule has 1 heterocycles. The predicted molar refractivity (Wildman–Crippen MR) is 84.6 cm³/mol. The monoisotopic (exact) mass is 365 g/mol. The predicted octanol–water partition coefficient (Wildman–Crippen LogP) is 3.12. The van der Waals surface area contributed by atoms with Gasteiger partial charge in [-0.2, -0.15) is 0 Å². The number of furan rings is 1. The number of ether oxygens (including phenoxy) is 1. The van der Waals surface area contributed by atoms with Crippen LogP contribution in [-0.2, 0) is 9.53 Å². The molecule has 0 aliphatic carbocycles. The van der Waals surface area contributed by atoms with Crippen LogP contribution in [0.15, 0.2) is 51.6 Å². The minimum absolute atomic E-state index is 0.0531. The maximum Gasteiger partial charge on any atom is 0.374 e. The zero-order chi connectivity index (χ0) is 15.9. The number of nitrogens with one attached hydrogen (secondary N) is 1. The third-order valence-corrected chi connectivity index (χ3v) is 3.51. The molecule has 0 aliphatic rings. The Labute approximate surface area is 136 Å². The number of hydrogen-bond donors (Lipinski definition) is 1. The highest BCUT2D eigenvalue weighted by molar-refractivity contribution is 9.10. The Morgan fingerprint density at radius 2 is 1.95 bits per heavy atom. The third kappa shape index (κ3) is 4.73. The highest BCUT2D eigenvalue weighted by atomic mass is 79.9. The van der Waals surface area contributed by atoms with Gasteiger partial charge in [-0.3, -0.25) is 4.79 Å². The molecule has 6 heteroatoms. The van der Waals surface area contributed by atoms with Crippen molar-refractivity contribution < 1.29 is 18.7 Å². The van der Waals surface area contributed by atoms with Crippen molar-refractivity contribution in [2.45, 2.75) is 12.8 Å². The topological polar surface area (TPSA) is 68.5 Å². The summed E-state index contributed by atoms with van der Waals surface area (Å²) in [6.07, 6.45) is 0. The number of halogens is 1. The second-order valence-electron chi connectivity index (χ2n) is 4.80. The standard InChI is InChI=1S/C16H16BrNO4/c1-11(12-5-3-2-4-6-12)9-18-15(19)10-21-16(20)13-7-8-14(17)22-13/h2-8,11H,9-10H2,1H3,(H,18,19)/t11-/m0/s1. The lowest BCUT2D eigenvalue weighted by Gasteiger charge is -2.13. The van der Waals surface area contributed by atoms with Crippen LogP contribution in [0.4, 0.5) is 0 Å². The fourth-order valence-corrected chi connectivity index (χ4v) is 2.15. The molecule has 1 aromatic heterocycles. The molecule has 0 aliphatic heterocycles. The lowest BCUT2D eigenvalue weighted by Crippen LogP contribution is -2.31. The molecule has 2 aromatic rings. The van der Waals surface area contributed by atoms with Gasteiger partial charge in [-0.25, -0.2) is 4.79 Å². The SMILES string of the molecule is C[C@@H](CNC(=O)COC(=O)c1ccc(Br)o1)c1ccccc1. The molecule has 2 rings (SSSR count). The molecular formula is C16H16BrNO4. The van der Waals surface area contributed by atoms with Crippen LogP contribution in [0.5, 0.6) is 0 Å². The summed E-state index contributed by atoms with van der Waals surface area (Å²) in [6, 6.07) is 12.9. The van der Waals surface area contributed by atoms with Crippen LogP contribution in [0.2, 0.25) is 0 Å². The quantitative estimate of drug-likeness (QED) is 0.798. The molecule has 0 saturated heterocycles. The van der Waals surface area contributed by atoms with Crippen molar-refractivity contribution in [2.75, 3.05) is 13.2 Å². The Morgan fingerprint density at radius 3 is 2.59 bits per heavy atom. The van der Waals surface area contributed by atoms with Gasteiger partial charge in [0.05, 0.1) is 0 Å². The molecule has 22 heavy (non-hydrogen) atoms. The molecule has 0 bridgehead atoms. The molecule has 5 nitrogen and oxygen atoms in total. The van der Waals surface area contributed by atoms with Crippen molar-refractivity contribution in [3.63, 3.8) is 0 Å². The summed E-state index contributed by atoms with van der Waals surface area (Å²) in [5, 5.41) is 2.74. The van der Waals surface area contributed by atoms with Gasteiger partial charge in [-0.05, 0) is 39.5 Å². The van der Waals surface area contributed by atoms with E-state index in [2.05, 4.69) is 21.2 Å². The Balaban J connectivity index is 1.73. The van der Waals surface area contributed by atoms with Gasteiger partial charge in [-0.15, -0.1) is 0 Å². The van der Waals surface area contributed by atoms with Crippen molar-refractivity contribution in [1.29, 1.82) is 0 Å². The van der Waals surface area contributed by atoms with Crippen LogP contribution >= 0.6 is 15.9 Å². The summed E-state index contributed by atoms with van der Waals surface area (Å²) in [5.41, 5.74) is 1.14. The fourth-order valence-electron chi connectivity index (χ4n) is 1.84. The largest absolute Gasteiger partial charge is 0.450 e. The summed E-state index contributed by atoms with van der Waals surface area (Å²) < 4.78 is 10.4. The molecule has 0 radical (unpaired) electrons. The molecule has 1 N–H and O–H groups in total. The molecule has 116 valence electrons. The molecular weight excluding hydrogens is 350 g/mol. The average molecular weight is 366 g/mol. The van der Waals surface area contributed by atoms with Gasteiger partial charge in [0.2, 0.25) is 5.76 Å². The molecule has 1 aromatic carbocycles. The number of carbonyl (C=O) groups is 2. The summed E-state index contributed by atoms with van der Waals surface area (Å²) in [5.74, 6) is -0.780. The third-order valence-electron chi connectivity index (χ3n) is 3.08. The Hall–Kier alpha value is -2.08. The number of rotatable bonds is 6. The lowest BCUT2D eigenvalue weighted by atomic mass is 10.0. The summed E-state index contributed by atoms with van der Waals surface area (Å²) in [7, 11) is 0. The number of carbonyl (C=O) groups excluding carboxylic acids is 2. The van der Waals surface area contributed by atoms with Crippen molar-refractivity contribution in [1.82, 2.24) is 5.32 Å². The highest BCUT2D eigenvalue weighted by Gasteiger charge is 2.14. The van der Waals surface area contributed by atoms with E-state index in [1.807, 2.05) is 37.3 Å². The van der Waals surface area contributed by atoms with Crippen molar-refractivity contribution in [3.8, 4) is 0 Å². The summed E-state index contributed by atoms with van der Waals surface area (Å²) >= 11 is 3.09. The first-order valence-electron chi connectivity index (χ1n) is 6.80. The first kappa shape index (κ1) is 16.3. The van der Waals surface area contributed by atoms with E-state index < -0.39 is 5.97 Å². The number of benzene rings is 1. The van der Waals surface area contributed by atoms with Crippen molar-refractivity contribution in [2.24, 2.45) is 0 Å². The van der Waals surface area contributed by atoms with Gasteiger partial charge in [0.15, 0.2) is 11.3 Å². The van der Waals surface area contributed by atoms with Gasteiger partial charge >= 0.3 is 5.97 Å². The maximum atomic E-state index is 11.7. The number of amides is 1. The zero-order valence-corrected chi connectivity index (χ0v) is 13.6. The Morgan fingerprint density at radius 1 is 1.23 bits per heavy atom. The van der Waals surface area contributed by atoms with Crippen LogP contribution in [0.1, 0.15) is 29.0 Å². The van der Waals surface area contributed by atoms with Crippen LogP contribution in [-0.4, -0.2) is 25.0 Å². The first-order valence-corrected chi connectivity index (χ1v) is 7.59. The van der Waals surface area contributed by atoms with Gasteiger partial charge in [0.25, 0.3) is 5.91 Å². The fraction of sp³-hybridized carbons (Fsp3) is 0.250. The highest BCUT2D eigenvalue weighted by Crippen LogP contribution is 2.15. The van der Waals surface area contributed by atoms with Crippen LogP contribution < -0.4 is 5.32 Å². The van der Waals surface area contributed by atoms with Crippen LogP contribution in [0.25, 0.3) is 0 Å². The first-order chi connectivity index (χ1) is 10.6. The molecule has 1 amide bonds.